The Morgan fingerprint density at radius 1 is 1.06 bits per heavy atom. The highest BCUT2D eigenvalue weighted by Crippen LogP contribution is 2.41. The zero-order chi connectivity index (χ0) is 23.5. The van der Waals surface area contributed by atoms with Gasteiger partial charge in [-0.05, 0) is 48.7 Å². The molecular weight excluding hydrogens is 444 g/mol. The van der Waals surface area contributed by atoms with Crippen LogP contribution in [0.2, 0.25) is 5.02 Å². The number of aromatic nitrogens is 1. The van der Waals surface area contributed by atoms with Gasteiger partial charge in [0.05, 0.1) is 26.5 Å². The van der Waals surface area contributed by atoms with Crippen LogP contribution in [0.3, 0.4) is 0 Å². The van der Waals surface area contributed by atoms with Crippen LogP contribution >= 0.6 is 11.6 Å². The highest BCUT2D eigenvalue weighted by Gasteiger charge is 2.42. The molecule has 0 bridgehead atoms. The summed E-state index contributed by atoms with van der Waals surface area (Å²) in [5, 5.41) is 10.3. The van der Waals surface area contributed by atoms with Crippen LogP contribution in [0, 0.1) is 0 Å². The number of carboxylic acids is 1. The fourth-order valence-electron chi connectivity index (χ4n) is 4.28. The van der Waals surface area contributed by atoms with E-state index in [4.69, 9.17) is 21.1 Å². The Bertz CT molecular complexity index is 1200. The largest absolute Gasteiger partial charge is 0.496 e. The van der Waals surface area contributed by atoms with Crippen molar-refractivity contribution in [1.29, 1.82) is 0 Å². The van der Waals surface area contributed by atoms with Crippen molar-refractivity contribution in [2.45, 2.75) is 24.9 Å². The number of pyridine rings is 1. The molecule has 1 aromatic heterocycles. The zero-order valence-electron chi connectivity index (χ0n) is 18.2. The van der Waals surface area contributed by atoms with Crippen molar-refractivity contribution in [1.82, 2.24) is 9.88 Å². The maximum Gasteiger partial charge on any atom is 0.326 e. The average molecular weight is 467 g/mol. The fourth-order valence-corrected chi connectivity index (χ4v) is 4.54. The van der Waals surface area contributed by atoms with Gasteiger partial charge in [0.1, 0.15) is 17.5 Å². The number of nitrogens with zero attached hydrogens (tertiary/aromatic N) is 2. The standard InChI is InChI=1S/C25H23ClN2O5/c1-32-17-11-16(13-27-14-17)18-8-7-15(12-23(18)33-2)24(29)28-21(9-10-22(28)25(30)31)19-5-3-4-6-20(19)26/h3-8,11-14,21-22H,9-10H2,1-2H3,(H,30,31)/t21-,22+/m1/s1. The van der Waals surface area contributed by atoms with E-state index in [2.05, 4.69) is 4.98 Å². The predicted octanol–water partition coefficient (Wildman–Crippen LogP) is 4.85. The summed E-state index contributed by atoms with van der Waals surface area (Å²) >= 11 is 6.39. The number of methoxy groups -OCH3 is 2. The number of carbonyl (C=O) groups is 2. The molecule has 1 saturated heterocycles. The number of hydrogen-bond acceptors (Lipinski definition) is 5. The van der Waals surface area contributed by atoms with Crippen LogP contribution < -0.4 is 9.47 Å². The van der Waals surface area contributed by atoms with Gasteiger partial charge >= 0.3 is 5.97 Å². The summed E-state index contributed by atoms with van der Waals surface area (Å²) in [5.74, 6) is -0.364. The Kier molecular flexibility index (Phi) is 6.51. The molecule has 33 heavy (non-hydrogen) atoms. The monoisotopic (exact) mass is 466 g/mol. The van der Waals surface area contributed by atoms with E-state index in [0.29, 0.717) is 34.9 Å². The van der Waals surface area contributed by atoms with E-state index >= 15 is 0 Å². The van der Waals surface area contributed by atoms with E-state index in [-0.39, 0.29) is 0 Å². The lowest BCUT2D eigenvalue weighted by atomic mass is 10.0. The van der Waals surface area contributed by atoms with E-state index < -0.39 is 24.0 Å². The molecule has 0 radical (unpaired) electrons. The van der Waals surface area contributed by atoms with E-state index in [0.717, 1.165) is 16.7 Å². The van der Waals surface area contributed by atoms with Crippen LogP contribution in [-0.2, 0) is 4.79 Å². The topological polar surface area (TPSA) is 89.0 Å². The highest BCUT2D eigenvalue weighted by atomic mass is 35.5. The lowest BCUT2D eigenvalue weighted by Gasteiger charge is -2.29. The van der Waals surface area contributed by atoms with Crippen molar-refractivity contribution in [2.75, 3.05) is 14.2 Å². The van der Waals surface area contributed by atoms with Gasteiger partial charge in [0, 0.05) is 27.9 Å². The first-order valence-corrected chi connectivity index (χ1v) is 10.8. The molecule has 0 saturated carbocycles. The average Bonchev–Trinajstić information content (AvgIpc) is 3.28. The smallest absolute Gasteiger partial charge is 0.326 e. The molecule has 0 unspecified atom stereocenters. The summed E-state index contributed by atoms with van der Waals surface area (Å²) in [4.78, 5) is 31.2. The molecule has 1 aliphatic heterocycles. The molecule has 1 aliphatic rings. The Balaban J connectivity index is 1.73. The molecular formula is C25H23ClN2O5. The molecule has 0 aliphatic carbocycles. The molecule has 2 atom stereocenters. The highest BCUT2D eigenvalue weighted by molar-refractivity contribution is 6.31. The van der Waals surface area contributed by atoms with Gasteiger partial charge in [-0.25, -0.2) is 4.79 Å². The summed E-state index contributed by atoms with van der Waals surface area (Å²) in [6.07, 6.45) is 4.14. The van der Waals surface area contributed by atoms with Crippen molar-refractivity contribution in [2.24, 2.45) is 0 Å². The van der Waals surface area contributed by atoms with Crippen LogP contribution in [0.25, 0.3) is 11.1 Å². The third-order valence-corrected chi connectivity index (χ3v) is 6.22. The number of amides is 1. The summed E-state index contributed by atoms with van der Waals surface area (Å²) in [7, 11) is 3.08. The van der Waals surface area contributed by atoms with Gasteiger partial charge in [0.15, 0.2) is 0 Å². The van der Waals surface area contributed by atoms with Crippen LogP contribution in [0.1, 0.15) is 34.8 Å². The number of carbonyl (C=O) groups excluding carboxylic acids is 1. The molecule has 2 aromatic carbocycles. The van der Waals surface area contributed by atoms with E-state index in [1.165, 1.54) is 12.0 Å². The summed E-state index contributed by atoms with van der Waals surface area (Å²) in [5.41, 5.74) is 2.57. The Morgan fingerprint density at radius 3 is 2.55 bits per heavy atom. The number of carboxylic acid groups (broad SMARTS) is 1. The summed E-state index contributed by atoms with van der Waals surface area (Å²) in [6.45, 7) is 0. The number of ether oxygens (including phenoxy) is 2. The van der Waals surface area contributed by atoms with Crippen LogP contribution in [0.4, 0.5) is 0 Å². The maximum atomic E-state index is 13.6. The molecule has 1 amide bonds. The second-order valence-corrected chi connectivity index (χ2v) is 8.12. The van der Waals surface area contributed by atoms with Crippen LogP contribution in [0.5, 0.6) is 11.5 Å². The third-order valence-electron chi connectivity index (χ3n) is 5.88. The quantitative estimate of drug-likeness (QED) is 0.558. The number of aliphatic carboxylic acids is 1. The van der Waals surface area contributed by atoms with Crippen LogP contribution in [0.15, 0.2) is 60.9 Å². The minimum absolute atomic E-state index is 0.330. The van der Waals surface area contributed by atoms with Crippen molar-refractivity contribution in [3.63, 3.8) is 0 Å². The van der Waals surface area contributed by atoms with Gasteiger partial charge in [0.25, 0.3) is 5.91 Å². The molecule has 8 heteroatoms. The molecule has 7 nitrogen and oxygen atoms in total. The van der Waals surface area contributed by atoms with Crippen molar-refractivity contribution >= 4 is 23.5 Å². The fraction of sp³-hybridized carbons (Fsp3) is 0.240. The van der Waals surface area contributed by atoms with E-state index in [9.17, 15) is 14.7 Å². The lowest BCUT2D eigenvalue weighted by Crippen LogP contribution is -2.41. The summed E-state index contributed by atoms with van der Waals surface area (Å²) in [6, 6.07) is 12.7. The number of likely N-dealkylation sites (tertiary alicyclic amines) is 1. The number of halogens is 1. The Labute approximate surface area is 196 Å². The van der Waals surface area contributed by atoms with Gasteiger partial charge in [0.2, 0.25) is 0 Å². The minimum atomic E-state index is -1.04. The maximum absolute atomic E-state index is 13.6. The zero-order valence-corrected chi connectivity index (χ0v) is 19.0. The van der Waals surface area contributed by atoms with Crippen LogP contribution in [-0.4, -0.2) is 47.1 Å². The molecule has 4 rings (SSSR count). The molecule has 0 spiro atoms. The van der Waals surface area contributed by atoms with Gasteiger partial charge in [-0.15, -0.1) is 0 Å². The molecule has 1 fully saturated rings. The molecule has 1 N–H and O–H groups in total. The minimum Gasteiger partial charge on any atom is -0.496 e. The predicted molar refractivity (Wildman–Crippen MR) is 124 cm³/mol. The SMILES string of the molecule is COc1cncc(-c2ccc(C(=O)N3[C@@H](c4ccccc4Cl)CC[C@H]3C(=O)O)cc2OC)c1. The first-order chi connectivity index (χ1) is 15.9. The lowest BCUT2D eigenvalue weighted by molar-refractivity contribution is -0.141. The van der Waals surface area contributed by atoms with Crippen molar-refractivity contribution in [3.05, 3.63) is 77.1 Å². The number of hydrogen-bond donors (Lipinski definition) is 1. The van der Waals surface area contributed by atoms with Gasteiger partial charge < -0.3 is 19.5 Å². The first kappa shape index (κ1) is 22.6. The van der Waals surface area contributed by atoms with Gasteiger partial charge in [-0.1, -0.05) is 29.8 Å². The molecule has 3 aromatic rings. The first-order valence-electron chi connectivity index (χ1n) is 10.4. The normalized spacial score (nSPS) is 17.6. The second-order valence-electron chi connectivity index (χ2n) is 7.71. The Morgan fingerprint density at radius 2 is 1.85 bits per heavy atom. The number of benzene rings is 2. The van der Waals surface area contributed by atoms with Crippen molar-refractivity contribution < 1.29 is 24.2 Å². The molecule has 2 heterocycles. The van der Waals surface area contributed by atoms with E-state index in [1.54, 1.807) is 49.8 Å². The second kappa shape index (κ2) is 9.50. The Hall–Kier alpha value is -3.58. The molecule has 170 valence electrons. The summed E-state index contributed by atoms with van der Waals surface area (Å²) < 4.78 is 10.8. The van der Waals surface area contributed by atoms with Gasteiger partial charge in [-0.3, -0.25) is 9.78 Å². The van der Waals surface area contributed by atoms with E-state index in [1.807, 2.05) is 18.2 Å². The third kappa shape index (κ3) is 4.36. The van der Waals surface area contributed by atoms with Crippen molar-refractivity contribution in [3.8, 4) is 22.6 Å². The van der Waals surface area contributed by atoms with Gasteiger partial charge in [-0.2, -0.15) is 0 Å². The number of rotatable bonds is 6.